The fourth-order valence-electron chi connectivity index (χ4n) is 3.62. The van der Waals surface area contributed by atoms with E-state index in [4.69, 9.17) is 18.9 Å². The van der Waals surface area contributed by atoms with Crippen molar-refractivity contribution in [2.24, 2.45) is 0 Å². The van der Waals surface area contributed by atoms with Gasteiger partial charge in [0.15, 0.2) is 22.5 Å². The number of hydrogen-bond donors (Lipinski definition) is 1. The number of ether oxygens (including phenoxy) is 4. The number of rotatable bonds is 10. The third-order valence-corrected chi connectivity index (χ3v) is 6.98. The second-order valence-corrected chi connectivity index (χ2v) is 9.17. The minimum absolute atomic E-state index is 0.132. The largest absolute Gasteiger partial charge is 0.493 e. The van der Waals surface area contributed by atoms with Crippen molar-refractivity contribution in [3.8, 4) is 28.0 Å². The standard InChI is InChI=1S/C22H26N4O5S2/c1-28-16-10-14(11-17(29-2)20(16)30-3)23-19(27)13-33-22-25-24-21(18-7-5-9-32-18)26(22)12-15-6-4-8-31-15/h5,7,9-11,15H,4,6,8,12-13H2,1-3H3,(H,23,27). The van der Waals surface area contributed by atoms with Crippen molar-refractivity contribution in [1.82, 2.24) is 14.8 Å². The van der Waals surface area contributed by atoms with Crippen LogP contribution >= 0.6 is 23.1 Å². The van der Waals surface area contributed by atoms with Crippen molar-refractivity contribution >= 4 is 34.7 Å². The number of carbonyl (C=O) groups is 1. The van der Waals surface area contributed by atoms with Crippen LogP contribution in [0.25, 0.3) is 10.7 Å². The van der Waals surface area contributed by atoms with Crippen LogP contribution in [0.5, 0.6) is 17.2 Å². The molecular formula is C22H26N4O5S2. The maximum atomic E-state index is 12.7. The number of nitrogens with zero attached hydrogens (tertiary/aromatic N) is 3. The van der Waals surface area contributed by atoms with Gasteiger partial charge in [-0.3, -0.25) is 9.36 Å². The summed E-state index contributed by atoms with van der Waals surface area (Å²) in [5.74, 6) is 2.20. The highest BCUT2D eigenvalue weighted by Crippen LogP contribution is 2.40. The van der Waals surface area contributed by atoms with Crippen LogP contribution in [0.2, 0.25) is 0 Å². The zero-order valence-electron chi connectivity index (χ0n) is 18.7. The van der Waals surface area contributed by atoms with Crippen molar-refractivity contribution in [2.75, 3.05) is 39.0 Å². The lowest BCUT2D eigenvalue weighted by molar-refractivity contribution is -0.113. The maximum Gasteiger partial charge on any atom is 0.234 e. The van der Waals surface area contributed by atoms with Gasteiger partial charge in [0.25, 0.3) is 0 Å². The molecule has 176 valence electrons. The Hall–Kier alpha value is -2.76. The molecule has 33 heavy (non-hydrogen) atoms. The molecule has 1 N–H and O–H groups in total. The predicted octanol–water partition coefficient (Wildman–Crippen LogP) is 3.94. The molecule has 1 aliphatic rings. The van der Waals surface area contributed by atoms with Crippen molar-refractivity contribution < 1.29 is 23.7 Å². The molecule has 1 amide bonds. The van der Waals surface area contributed by atoms with Gasteiger partial charge in [0.1, 0.15) is 0 Å². The molecule has 0 aliphatic carbocycles. The predicted molar refractivity (Wildman–Crippen MR) is 128 cm³/mol. The van der Waals surface area contributed by atoms with Crippen LogP contribution < -0.4 is 19.5 Å². The van der Waals surface area contributed by atoms with Gasteiger partial charge in [0, 0.05) is 24.4 Å². The molecule has 1 aliphatic heterocycles. The van der Waals surface area contributed by atoms with Gasteiger partial charge in [-0.05, 0) is 24.3 Å². The Bertz CT molecular complexity index is 1060. The van der Waals surface area contributed by atoms with Gasteiger partial charge in [-0.25, -0.2) is 0 Å². The molecule has 0 radical (unpaired) electrons. The van der Waals surface area contributed by atoms with E-state index in [0.717, 1.165) is 30.2 Å². The number of aromatic nitrogens is 3. The molecule has 11 heteroatoms. The molecule has 2 aromatic heterocycles. The summed E-state index contributed by atoms with van der Waals surface area (Å²) in [5.41, 5.74) is 0.551. The fourth-order valence-corrected chi connectivity index (χ4v) is 5.09. The molecule has 3 heterocycles. The Morgan fingerprint density at radius 1 is 1.24 bits per heavy atom. The summed E-state index contributed by atoms with van der Waals surface area (Å²) in [6.07, 6.45) is 2.20. The quantitative estimate of drug-likeness (QED) is 0.427. The Morgan fingerprint density at radius 2 is 2.03 bits per heavy atom. The second kappa shape index (κ2) is 10.9. The first-order valence-corrected chi connectivity index (χ1v) is 12.3. The van der Waals surface area contributed by atoms with Gasteiger partial charge in [0.05, 0.1) is 44.6 Å². The number of carbonyl (C=O) groups excluding carboxylic acids is 1. The summed E-state index contributed by atoms with van der Waals surface area (Å²) in [4.78, 5) is 13.7. The summed E-state index contributed by atoms with van der Waals surface area (Å²) in [5, 5.41) is 14.3. The lowest BCUT2D eigenvalue weighted by Crippen LogP contribution is -2.18. The van der Waals surface area contributed by atoms with Crippen molar-refractivity contribution in [2.45, 2.75) is 30.6 Å². The molecule has 4 rings (SSSR count). The van der Waals surface area contributed by atoms with Crippen LogP contribution in [-0.4, -0.2) is 60.5 Å². The number of nitrogens with one attached hydrogen (secondary N) is 1. The molecule has 9 nitrogen and oxygen atoms in total. The van der Waals surface area contributed by atoms with E-state index in [1.54, 1.807) is 23.5 Å². The Balaban J connectivity index is 1.47. The lowest BCUT2D eigenvalue weighted by atomic mass is 10.2. The van der Waals surface area contributed by atoms with E-state index in [2.05, 4.69) is 20.1 Å². The van der Waals surface area contributed by atoms with Crippen molar-refractivity contribution in [3.05, 3.63) is 29.6 Å². The Kier molecular flexibility index (Phi) is 7.73. The van der Waals surface area contributed by atoms with Crippen LogP contribution in [-0.2, 0) is 16.1 Å². The molecule has 0 spiro atoms. The van der Waals surface area contributed by atoms with E-state index >= 15 is 0 Å². The summed E-state index contributed by atoms with van der Waals surface area (Å²) in [7, 11) is 4.60. The number of anilines is 1. The zero-order chi connectivity index (χ0) is 23.2. The van der Waals surface area contributed by atoms with E-state index in [1.165, 1.54) is 33.1 Å². The van der Waals surface area contributed by atoms with Gasteiger partial charge >= 0.3 is 0 Å². The van der Waals surface area contributed by atoms with Gasteiger partial charge in [0.2, 0.25) is 11.7 Å². The molecule has 0 saturated carbocycles. The zero-order valence-corrected chi connectivity index (χ0v) is 20.3. The van der Waals surface area contributed by atoms with Crippen molar-refractivity contribution in [1.29, 1.82) is 0 Å². The highest BCUT2D eigenvalue weighted by Gasteiger charge is 2.23. The summed E-state index contributed by atoms with van der Waals surface area (Å²) in [6, 6.07) is 7.40. The number of thiophene rings is 1. The van der Waals surface area contributed by atoms with E-state index < -0.39 is 0 Å². The highest BCUT2D eigenvalue weighted by molar-refractivity contribution is 7.99. The second-order valence-electron chi connectivity index (χ2n) is 7.28. The first-order valence-electron chi connectivity index (χ1n) is 10.4. The number of methoxy groups -OCH3 is 3. The van der Waals surface area contributed by atoms with Gasteiger partial charge in [-0.15, -0.1) is 21.5 Å². The molecule has 0 bridgehead atoms. The topological polar surface area (TPSA) is 96.7 Å². The van der Waals surface area contributed by atoms with Crippen LogP contribution in [0.4, 0.5) is 5.69 Å². The number of benzene rings is 1. The van der Waals surface area contributed by atoms with Crippen LogP contribution in [0.3, 0.4) is 0 Å². The average Bonchev–Trinajstić information content (AvgIpc) is 3.60. The SMILES string of the molecule is COc1cc(NC(=O)CSc2nnc(-c3cccs3)n2CC2CCCO2)cc(OC)c1OC. The summed E-state index contributed by atoms with van der Waals surface area (Å²) in [6.45, 7) is 1.44. The first kappa shape index (κ1) is 23.4. The van der Waals surface area contributed by atoms with Gasteiger partial charge in [-0.1, -0.05) is 17.8 Å². The van der Waals surface area contributed by atoms with Crippen LogP contribution in [0, 0.1) is 0 Å². The van der Waals surface area contributed by atoms with E-state index in [9.17, 15) is 4.79 Å². The monoisotopic (exact) mass is 490 g/mol. The third kappa shape index (κ3) is 5.43. The molecule has 1 saturated heterocycles. The Morgan fingerprint density at radius 3 is 2.64 bits per heavy atom. The molecule has 1 fully saturated rings. The lowest BCUT2D eigenvalue weighted by Gasteiger charge is -2.15. The molecule has 1 unspecified atom stereocenters. The van der Waals surface area contributed by atoms with E-state index in [-0.39, 0.29) is 17.8 Å². The fraction of sp³-hybridized carbons (Fsp3) is 0.409. The number of amides is 1. The number of hydrogen-bond acceptors (Lipinski definition) is 9. The van der Waals surface area contributed by atoms with Crippen molar-refractivity contribution in [3.63, 3.8) is 0 Å². The molecule has 1 atom stereocenters. The normalized spacial score (nSPS) is 15.4. The third-order valence-electron chi connectivity index (χ3n) is 5.15. The molecule has 1 aromatic carbocycles. The van der Waals surface area contributed by atoms with E-state index in [1.807, 2.05) is 17.5 Å². The minimum atomic E-state index is -0.182. The number of thioether (sulfide) groups is 1. The Labute approximate surface area is 200 Å². The van der Waals surface area contributed by atoms with E-state index in [0.29, 0.717) is 34.6 Å². The minimum Gasteiger partial charge on any atom is -0.493 e. The highest BCUT2D eigenvalue weighted by atomic mass is 32.2. The average molecular weight is 491 g/mol. The summed E-state index contributed by atoms with van der Waals surface area (Å²) >= 11 is 2.95. The summed E-state index contributed by atoms with van der Waals surface area (Å²) < 4.78 is 23.9. The van der Waals surface area contributed by atoms with Gasteiger partial charge < -0.3 is 24.3 Å². The van der Waals surface area contributed by atoms with Crippen LogP contribution in [0.1, 0.15) is 12.8 Å². The molecule has 3 aromatic rings. The smallest absolute Gasteiger partial charge is 0.234 e. The maximum absolute atomic E-state index is 12.7. The van der Waals surface area contributed by atoms with Gasteiger partial charge in [-0.2, -0.15) is 0 Å². The molecular weight excluding hydrogens is 464 g/mol. The first-order chi connectivity index (χ1) is 16.1. The van der Waals surface area contributed by atoms with Crippen LogP contribution in [0.15, 0.2) is 34.8 Å².